The molecule has 0 radical (unpaired) electrons. The summed E-state index contributed by atoms with van der Waals surface area (Å²) in [6, 6.07) is 0. The van der Waals surface area contributed by atoms with Crippen LogP contribution in [0.15, 0.2) is 0 Å². The van der Waals surface area contributed by atoms with Gasteiger partial charge in [0.2, 0.25) is 0 Å². The predicted molar refractivity (Wildman–Crippen MR) is 53.7 cm³/mol. The van der Waals surface area contributed by atoms with Crippen molar-refractivity contribution in [1.82, 2.24) is 0 Å². The van der Waals surface area contributed by atoms with Gasteiger partial charge in [0.25, 0.3) is 0 Å². The second-order valence-electron chi connectivity index (χ2n) is 2.60. The highest BCUT2D eigenvalue weighted by molar-refractivity contribution is 5.67. The van der Waals surface area contributed by atoms with Crippen LogP contribution < -0.4 is 0 Å². The Kier molecular flexibility index (Phi) is 21.5. The maximum Gasteiger partial charge on any atom is 0.329 e. The zero-order valence-corrected chi connectivity index (χ0v) is 9.02. The first kappa shape index (κ1) is 20.6. The quantitative estimate of drug-likeness (QED) is 0.271. The third kappa shape index (κ3) is 37.9. The molecule has 100 valence electrons. The Morgan fingerprint density at radius 2 is 1.25 bits per heavy atom. The molecule has 8 heteroatoms. The maximum absolute atomic E-state index is 9.12. The van der Waals surface area contributed by atoms with Crippen molar-refractivity contribution in [2.75, 3.05) is 26.4 Å². The van der Waals surface area contributed by atoms with Crippen LogP contribution in [0.25, 0.3) is 0 Å². The monoisotopic (exact) mass is 244 g/mol. The van der Waals surface area contributed by atoms with Gasteiger partial charge >= 0.3 is 5.97 Å². The Bertz CT molecular complexity index is 134. The lowest BCUT2D eigenvalue weighted by Crippen LogP contribution is -2.15. The van der Waals surface area contributed by atoms with Crippen LogP contribution in [0.1, 0.15) is 6.92 Å². The lowest BCUT2D eigenvalue weighted by atomic mass is 10.4. The van der Waals surface area contributed by atoms with Crippen LogP contribution in [-0.2, 0) is 4.79 Å². The fourth-order valence-corrected chi connectivity index (χ4v) is 0.0577. The number of hydrogen-bond acceptors (Lipinski definition) is 7. The van der Waals surface area contributed by atoms with Gasteiger partial charge in [-0.15, -0.1) is 0 Å². The zero-order chi connectivity index (χ0) is 13.6. The molecular weight excluding hydrogens is 224 g/mol. The summed E-state index contributed by atoms with van der Waals surface area (Å²) in [5.41, 5.74) is 0. The predicted octanol–water partition coefficient (Wildman–Crippen LogP) is -3.25. The molecule has 0 rings (SSSR count). The SMILES string of the molecule is CC(O)CO.O=C(O)CO.OCC(O)CO. The van der Waals surface area contributed by atoms with Gasteiger partial charge in [-0.3, -0.25) is 0 Å². The topological polar surface area (TPSA) is 159 Å². The molecule has 1 atom stereocenters. The molecule has 0 saturated heterocycles. The molecule has 0 saturated carbocycles. The van der Waals surface area contributed by atoms with Gasteiger partial charge in [-0.2, -0.15) is 0 Å². The molecule has 0 aromatic carbocycles. The summed E-state index contributed by atoms with van der Waals surface area (Å²) < 4.78 is 0. The molecule has 0 heterocycles. The van der Waals surface area contributed by atoms with Gasteiger partial charge in [-0.25, -0.2) is 4.79 Å². The number of aliphatic hydroxyl groups excluding tert-OH is 6. The van der Waals surface area contributed by atoms with Crippen molar-refractivity contribution in [2.45, 2.75) is 19.1 Å². The zero-order valence-electron chi connectivity index (χ0n) is 9.02. The third-order valence-corrected chi connectivity index (χ3v) is 0.821. The minimum absolute atomic E-state index is 0.139. The molecule has 1 unspecified atom stereocenters. The molecule has 8 nitrogen and oxygen atoms in total. The van der Waals surface area contributed by atoms with Crippen LogP contribution >= 0.6 is 0 Å². The van der Waals surface area contributed by atoms with Crippen molar-refractivity contribution >= 4 is 5.97 Å². The molecule has 0 aromatic rings. The first-order chi connectivity index (χ1) is 7.35. The molecule has 0 aliphatic rings. The first-order valence-corrected chi connectivity index (χ1v) is 4.36. The van der Waals surface area contributed by atoms with Gasteiger partial charge in [-0.1, -0.05) is 0 Å². The number of carboxylic acids is 1. The summed E-state index contributed by atoms with van der Waals surface area (Å²) in [4.78, 5) is 9.12. The van der Waals surface area contributed by atoms with E-state index in [1.807, 2.05) is 0 Å². The van der Waals surface area contributed by atoms with Crippen LogP contribution in [0.5, 0.6) is 0 Å². The van der Waals surface area contributed by atoms with E-state index < -0.39 is 24.8 Å². The van der Waals surface area contributed by atoms with Crippen LogP contribution in [-0.4, -0.2) is 80.4 Å². The second kappa shape index (κ2) is 16.7. The van der Waals surface area contributed by atoms with Crippen molar-refractivity contribution in [2.24, 2.45) is 0 Å². The molecule has 0 aromatic heterocycles. The number of rotatable bonds is 4. The van der Waals surface area contributed by atoms with E-state index in [9.17, 15) is 0 Å². The molecular formula is C8H20O8. The Balaban J connectivity index is -0.000000160. The van der Waals surface area contributed by atoms with E-state index in [4.69, 9.17) is 40.5 Å². The maximum atomic E-state index is 9.12. The number of aliphatic carboxylic acids is 1. The van der Waals surface area contributed by atoms with Crippen molar-refractivity contribution in [3.05, 3.63) is 0 Å². The standard InChI is InChI=1S/C3H8O3.C3H8O2.C2H4O3/c4-1-3(6)2-5;1-3(5)2-4;3-1-2(4)5/h3-6H,1-2H2;3-5H,2H2,1H3;3H,1H2,(H,4,5). The van der Waals surface area contributed by atoms with Crippen LogP contribution in [0.3, 0.4) is 0 Å². The summed E-state index contributed by atoms with van der Waals surface area (Å²) in [6.45, 7) is -0.118. The fraction of sp³-hybridized carbons (Fsp3) is 0.875. The third-order valence-electron chi connectivity index (χ3n) is 0.821. The van der Waals surface area contributed by atoms with E-state index in [1.54, 1.807) is 0 Å². The molecule has 0 aliphatic heterocycles. The second-order valence-corrected chi connectivity index (χ2v) is 2.60. The van der Waals surface area contributed by atoms with Crippen LogP contribution in [0.2, 0.25) is 0 Å². The molecule has 0 amide bonds. The van der Waals surface area contributed by atoms with Gasteiger partial charge in [0.1, 0.15) is 12.7 Å². The fourth-order valence-electron chi connectivity index (χ4n) is 0.0577. The van der Waals surface area contributed by atoms with Crippen molar-refractivity contribution in [3.63, 3.8) is 0 Å². The highest BCUT2D eigenvalue weighted by atomic mass is 16.4. The highest BCUT2D eigenvalue weighted by Gasteiger charge is 1.93. The van der Waals surface area contributed by atoms with E-state index >= 15 is 0 Å². The molecule has 0 fully saturated rings. The van der Waals surface area contributed by atoms with Crippen molar-refractivity contribution in [1.29, 1.82) is 0 Å². The van der Waals surface area contributed by atoms with Gasteiger partial charge in [0.05, 0.1) is 25.9 Å². The van der Waals surface area contributed by atoms with E-state index in [-0.39, 0.29) is 19.8 Å². The van der Waals surface area contributed by atoms with E-state index in [0.29, 0.717) is 0 Å². The Morgan fingerprint density at radius 3 is 1.25 bits per heavy atom. The Labute approximate surface area is 93.0 Å². The number of aliphatic hydroxyl groups is 6. The first-order valence-electron chi connectivity index (χ1n) is 4.36. The minimum atomic E-state index is -1.19. The summed E-state index contributed by atoms with van der Waals surface area (Å²) in [6.07, 6.45) is -1.51. The highest BCUT2D eigenvalue weighted by Crippen LogP contribution is 1.71. The summed E-state index contributed by atoms with van der Waals surface area (Å²) in [5.74, 6) is -1.19. The average molecular weight is 244 g/mol. The molecule has 0 aliphatic carbocycles. The minimum Gasteiger partial charge on any atom is -0.480 e. The van der Waals surface area contributed by atoms with Gasteiger partial charge in [-0.05, 0) is 6.92 Å². The summed E-state index contributed by atoms with van der Waals surface area (Å²) in [7, 11) is 0. The van der Waals surface area contributed by atoms with E-state index in [0.717, 1.165) is 0 Å². The van der Waals surface area contributed by atoms with Crippen LogP contribution in [0, 0.1) is 0 Å². The van der Waals surface area contributed by atoms with Crippen LogP contribution in [0.4, 0.5) is 0 Å². The molecule has 7 N–H and O–H groups in total. The number of carbonyl (C=O) groups is 1. The molecule has 0 spiro atoms. The normalized spacial score (nSPS) is 10.8. The van der Waals surface area contributed by atoms with Gasteiger partial charge in [0, 0.05) is 0 Å². The van der Waals surface area contributed by atoms with Gasteiger partial charge in [0.15, 0.2) is 0 Å². The van der Waals surface area contributed by atoms with E-state index in [2.05, 4.69) is 0 Å². The average Bonchev–Trinajstić information content (AvgIpc) is 2.29. The lowest BCUT2D eigenvalue weighted by Gasteiger charge is -1.96. The van der Waals surface area contributed by atoms with Crippen molar-refractivity contribution in [3.8, 4) is 0 Å². The molecule has 0 bridgehead atoms. The summed E-state index contributed by atoms with van der Waals surface area (Å²) in [5, 5.41) is 55.0. The Hall–Kier alpha value is -0.770. The smallest absolute Gasteiger partial charge is 0.329 e. The Morgan fingerprint density at radius 1 is 1.00 bits per heavy atom. The van der Waals surface area contributed by atoms with Gasteiger partial charge < -0.3 is 35.7 Å². The number of hydrogen-bond donors (Lipinski definition) is 7. The molecule has 16 heavy (non-hydrogen) atoms. The lowest BCUT2D eigenvalue weighted by molar-refractivity contribution is -0.140. The van der Waals surface area contributed by atoms with Crippen molar-refractivity contribution < 1.29 is 40.5 Å². The van der Waals surface area contributed by atoms with E-state index in [1.165, 1.54) is 6.92 Å². The summed E-state index contributed by atoms with van der Waals surface area (Å²) >= 11 is 0. The number of carboxylic acid groups (broad SMARTS) is 1. The largest absolute Gasteiger partial charge is 0.480 e.